The number of nitrogens with one attached hydrogen (secondary N) is 1. The fraction of sp³-hybridized carbons (Fsp3) is 0.353. The molecule has 2 aliphatic rings. The van der Waals surface area contributed by atoms with Crippen LogP contribution in [0.15, 0.2) is 24.3 Å². The second kappa shape index (κ2) is 6.58. The van der Waals surface area contributed by atoms with E-state index in [4.69, 9.17) is 0 Å². The summed E-state index contributed by atoms with van der Waals surface area (Å²) in [5, 5.41) is 2.54. The van der Waals surface area contributed by atoms with Crippen molar-refractivity contribution in [2.45, 2.75) is 18.9 Å². The molecule has 1 saturated carbocycles. The topological polar surface area (TPSA) is 107 Å². The fourth-order valence-electron chi connectivity index (χ4n) is 2.61. The highest BCUT2D eigenvalue weighted by Crippen LogP contribution is 2.30. The van der Waals surface area contributed by atoms with Crippen LogP contribution in [0.2, 0.25) is 0 Å². The lowest BCUT2D eigenvalue weighted by Gasteiger charge is -2.15. The number of carbonyl (C=O) groups is 5. The molecule has 1 aromatic carbocycles. The standard InChI is InChI=1S/C17H18N4O5/c1-19(2)14(23)10-3-5-11(6-4-10)18-13(22)9-20-15(24)16(25)21(17(20)26)12-7-8-12/h3-6,12H,7-9H2,1-2H3,(H,18,22). The number of benzene rings is 1. The lowest BCUT2D eigenvalue weighted by Crippen LogP contribution is -2.39. The van der Waals surface area contributed by atoms with Crippen LogP contribution < -0.4 is 5.32 Å². The zero-order valence-electron chi connectivity index (χ0n) is 14.4. The van der Waals surface area contributed by atoms with Gasteiger partial charge in [0.25, 0.3) is 5.91 Å². The number of hydrogen-bond donors (Lipinski definition) is 1. The zero-order chi connectivity index (χ0) is 19.0. The number of urea groups is 1. The molecule has 26 heavy (non-hydrogen) atoms. The lowest BCUT2D eigenvalue weighted by molar-refractivity contribution is -0.143. The Morgan fingerprint density at radius 1 is 1.08 bits per heavy atom. The Morgan fingerprint density at radius 2 is 1.69 bits per heavy atom. The minimum Gasteiger partial charge on any atom is -0.345 e. The van der Waals surface area contributed by atoms with Gasteiger partial charge in [0, 0.05) is 31.4 Å². The molecule has 136 valence electrons. The van der Waals surface area contributed by atoms with E-state index < -0.39 is 30.3 Å². The molecular formula is C17H18N4O5. The Bertz CT molecular complexity index is 798. The third-order valence-electron chi connectivity index (χ3n) is 4.12. The van der Waals surface area contributed by atoms with Gasteiger partial charge in [-0.15, -0.1) is 0 Å². The van der Waals surface area contributed by atoms with E-state index in [0.29, 0.717) is 29.0 Å². The molecule has 0 unspecified atom stereocenters. The van der Waals surface area contributed by atoms with Gasteiger partial charge in [0.1, 0.15) is 6.54 Å². The first kappa shape index (κ1) is 17.6. The van der Waals surface area contributed by atoms with Crippen molar-refractivity contribution in [3.8, 4) is 0 Å². The molecule has 1 aromatic rings. The lowest BCUT2D eigenvalue weighted by atomic mass is 10.2. The minimum absolute atomic E-state index is 0.171. The average Bonchev–Trinajstić information content (AvgIpc) is 3.40. The van der Waals surface area contributed by atoms with Crippen molar-refractivity contribution in [1.82, 2.24) is 14.7 Å². The van der Waals surface area contributed by atoms with Crippen molar-refractivity contribution in [3.05, 3.63) is 29.8 Å². The number of rotatable bonds is 5. The van der Waals surface area contributed by atoms with Crippen LogP contribution in [0, 0.1) is 0 Å². The number of anilines is 1. The predicted octanol–water partition coefficient (Wildman–Crippen LogP) is 0.280. The maximum Gasteiger partial charge on any atom is 0.334 e. The first-order chi connectivity index (χ1) is 12.3. The fourth-order valence-corrected chi connectivity index (χ4v) is 2.61. The Kier molecular flexibility index (Phi) is 4.45. The Morgan fingerprint density at radius 3 is 2.23 bits per heavy atom. The molecular weight excluding hydrogens is 340 g/mol. The van der Waals surface area contributed by atoms with Gasteiger partial charge >= 0.3 is 17.8 Å². The summed E-state index contributed by atoms with van der Waals surface area (Å²) in [6.07, 6.45) is 1.37. The minimum atomic E-state index is -0.982. The summed E-state index contributed by atoms with van der Waals surface area (Å²) in [6.45, 7) is -0.537. The van der Waals surface area contributed by atoms with E-state index in [9.17, 15) is 24.0 Å². The van der Waals surface area contributed by atoms with E-state index in [1.165, 1.54) is 4.90 Å². The van der Waals surface area contributed by atoms with Crippen LogP contribution in [0.25, 0.3) is 0 Å². The maximum atomic E-state index is 12.2. The van der Waals surface area contributed by atoms with Crippen LogP contribution in [-0.4, -0.2) is 71.0 Å². The normalized spacial score (nSPS) is 16.9. The van der Waals surface area contributed by atoms with Gasteiger partial charge in [-0.3, -0.25) is 24.1 Å². The van der Waals surface area contributed by atoms with Crippen LogP contribution in [0.3, 0.4) is 0 Å². The van der Waals surface area contributed by atoms with E-state index >= 15 is 0 Å². The number of carbonyl (C=O) groups excluding carboxylic acids is 5. The van der Waals surface area contributed by atoms with Crippen molar-refractivity contribution in [3.63, 3.8) is 0 Å². The number of hydrogen-bond acceptors (Lipinski definition) is 5. The van der Waals surface area contributed by atoms with Gasteiger partial charge in [0.2, 0.25) is 5.91 Å². The third-order valence-corrected chi connectivity index (χ3v) is 4.12. The van der Waals surface area contributed by atoms with Crippen molar-refractivity contribution >= 4 is 35.3 Å². The molecule has 1 N–H and O–H groups in total. The van der Waals surface area contributed by atoms with Gasteiger partial charge in [-0.2, -0.15) is 0 Å². The second-order valence-corrected chi connectivity index (χ2v) is 6.41. The predicted molar refractivity (Wildman–Crippen MR) is 90.1 cm³/mol. The Labute approximate surface area is 149 Å². The molecule has 1 saturated heterocycles. The number of nitrogens with zero attached hydrogens (tertiary/aromatic N) is 3. The molecule has 9 nitrogen and oxygen atoms in total. The number of amides is 6. The third kappa shape index (κ3) is 3.28. The van der Waals surface area contributed by atoms with Crippen molar-refractivity contribution in [1.29, 1.82) is 0 Å². The van der Waals surface area contributed by atoms with Crippen LogP contribution >= 0.6 is 0 Å². The molecule has 0 bridgehead atoms. The van der Waals surface area contributed by atoms with Crippen LogP contribution in [-0.2, 0) is 14.4 Å². The second-order valence-electron chi connectivity index (χ2n) is 6.41. The van der Waals surface area contributed by atoms with E-state index in [1.54, 1.807) is 38.4 Å². The summed E-state index contributed by atoms with van der Waals surface area (Å²) >= 11 is 0. The highest BCUT2D eigenvalue weighted by Gasteiger charge is 2.51. The molecule has 1 aliphatic carbocycles. The van der Waals surface area contributed by atoms with Crippen molar-refractivity contribution in [2.75, 3.05) is 26.0 Å². The number of imide groups is 2. The van der Waals surface area contributed by atoms with E-state index in [2.05, 4.69) is 5.32 Å². The van der Waals surface area contributed by atoms with Crippen molar-refractivity contribution < 1.29 is 24.0 Å². The van der Waals surface area contributed by atoms with Gasteiger partial charge in [-0.1, -0.05) is 0 Å². The zero-order valence-corrected chi connectivity index (χ0v) is 14.4. The summed E-state index contributed by atoms with van der Waals surface area (Å²) in [7, 11) is 3.27. The first-order valence-electron chi connectivity index (χ1n) is 8.10. The Balaban J connectivity index is 1.62. The van der Waals surface area contributed by atoms with Gasteiger partial charge in [-0.05, 0) is 37.1 Å². The SMILES string of the molecule is CN(C)C(=O)c1ccc(NC(=O)CN2C(=O)C(=O)N(C3CC3)C2=O)cc1. The molecule has 1 heterocycles. The maximum absolute atomic E-state index is 12.2. The summed E-state index contributed by atoms with van der Waals surface area (Å²) in [4.78, 5) is 62.9. The summed E-state index contributed by atoms with van der Waals surface area (Å²) in [6, 6.07) is 5.23. The molecule has 0 radical (unpaired) electrons. The summed E-state index contributed by atoms with van der Waals surface area (Å²) in [5.74, 6) is -2.64. The average molecular weight is 358 g/mol. The van der Waals surface area contributed by atoms with Gasteiger partial charge in [0.15, 0.2) is 0 Å². The highest BCUT2D eigenvalue weighted by atomic mass is 16.2. The summed E-state index contributed by atoms with van der Waals surface area (Å²) < 4.78 is 0. The molecule has 3 rings (SSSR count). The molecule has 6 amide bonds. The largest absolute Gasteiger partial charge is 0.345 e. The first-order valence-corrected chi connectivity index (χ1v) is 8.10. The van der Waals surface area contributed by atoms with Gasteiger partial charge in [0.05, 0.1) is 0 Å². The highest BCUT2D eigenvalue weighted by molar-refractivity contribution is 6.45. The van der Waals surface area contributed by atoms with E-state index in [1.807, 2.05) is 0 Å². The molecule has 0 aromatic heterocycles. The van der Waals surface area contributed by atoms with E-state index in [-0.39, 0.29) is 11.9 Å². The molecule has 0 atom stereocenters. The molecule has 2 fully saturated rings. The van der Waals surface area contributed by atoms with Gasteiger partial charge in [-0.25, -0.2) is 9.69 Å². The Hall–Kier alpha value is -3.23. The van der Waals surface area contributed by atoms with Crippen LogP contribution in [0.1, 0.15) is 23.2 Å². The van der Waals surface area contributed by atoms with Crippen molar-refractivity contribution in [2.24, 2.45) is 0 Å². The van der Waals surface area contributed by atoms with Crippen LogP contribution in [0.5, 0.6) is 0 Å². The molecule has 9 heteroatoms. The van der Waals surface area contributed by atoms with E-state index in [0.717, 1.165) is 4.90 Å². The monoisotopic (exact) mass is 358 g/mol. The molecule has 1 aliphatic heterocycles. The van der Waals surface area contributed by atoms with Gasteiger partial charge < -0.3 is 10.2 Å². The summed E-state index contributed by atoms with van der Waals surface area (Å²) in [5.41, 5.74) is 0.873. The smallest absolute Gasteiger partial charge is 0.334 e. The van der Waals surface area contributed by atoms with Crippen LogP contribution in [0.4, 0.5) is 10.5 Å². The quantitative estimate of drug-likeness (QED) is 0.601. The molecule has 0 spiro atoms.